The van der Waals surface area contributed by atoms with Crippen LogP contribution < -0.4 is 5.32 Å². The normalized spacial score (nSPS) is 11.7. The molecular formula is C18H27N5. The van der Waals surface area contributed by atoms with Crippen LogP contribution in [0.3, 0.4) is 0 Å². The highest BCUT2D eigenvalue weighted by atomic mass is 15.3. The molecule has 0 saturated heterocycles. The average Bonchev–Trinajstić information content (AvgIpc) is 2.76. The maximum Gasteiger partial charge on any atom is 0.193 e. The van der Waals surface area contributed by atoms with E-state index in [9.17, 15) is 0 Å². The first-order valence-electron chi connectivity index (χ1n) is 7.88. The lowest BCUT2D eigenvalue weighted by molar-refractivity contribution is 0.476. The molecule has 2 rings (SSSR count). The molecule has 1 aromatic carbocycles. The molecule has 1 heterocycles. The number of nitrogens with zero attached hydrogens (tertiary/aromatic N) is 4. The second-order valence-electron chi connectivity index (χ2n) is 6.02. The Hall–Kier alpha value is -2.30. The van der Waals surface area contributed by atoms with Crippen molar-refractivity contribution in [2.75, 3.05) is 14.1 Å². The van der Waals surface area contributed by atoms with Gasteiger partial charge in [0.05, 0.1) is 5.69 Å². The van der Waals surface area contributed by atoms with Crippen molar-refractivity contribution in [2.45, 2.75) is 33.9 Å². The first kappa shape index (κ1) is 17.1. The van der Waals surface area contributed by atoms with Crippen molar-refractivity contribution in [2.24, 2.45) is 12.0 Å². The molecule has 0 unspecified atom stereocenters. The Morgan fingerprint density at radius 1 is 1.22 bits per heavy atom. The zero-order chi connectivity index (χ0) is 17.0. The lowest BCUT2D eigenvalue weighted by atomic mass is 10.1. The van der Waals surface area contributed by atoms with Gasteiger partial charge in [0.2, 0.25) is 0 Å². The number of hydrogen-bond donors (Lipinski definition) is 1. The SMILES string of the molecule is CN=C(NCc1c(C)nn(C)c1C)N(C)Cc1ccc(C)cc1. The van der Waals surface area contributed by atoms with Crippen molar-refractivity contribution < 1.29 is 0 Å². The standard InChI is InChI=1S/C18H27N5/c1-13-7-9-16(10-8-13)12-22(5)18(19-4)20-11-17-14(2)21-23(6)15(17)3/h7-10H,11-12H2,1-6H3,(H,19,20). The van der Waals surface area contributed by atoms with Crippen LogP contribution in [0.5, 0.6) is 0 Å². The summed E-state index contributed by atoms with van der Waals surface area (Å²) in [5, 5.41) is 7.89. The third kappa shape index (κ3) is 4.12. The predicted molar refractivity (Wildman–Crippen MR) is 95.5 cm³/mol. The van der Waals surface area contributed by atoms with E-state index in [4.69, 9.17) is 0 Å². The summed E-state index contributed by atoms with van der Waals surface area (Å²) in [6, 6.07) is 8.60. The molecule has 0 radical (unpaired) electrons. The van der Waals surface area contributed by atoms with E-state index in [1.165, 1.54) is 22.4 Å². The molecule has 0 spiro atoms. The van der Waals surface area contributed by atoms with E-state index in [0.29, 0.717) is 0 Å². The number of rotatable bonds is 4. The van der Waals surface area contributed by atoms with E-state index in [0.717, 1.165) is 24.7 Å². The fourth-order valence-electron chi connectivity index (χ4n) is 2.67. The molecule has 0 fully saturated rings. The topological polar surface area (TPSA) is 45.5 Å². The Morgan fingerprint density at radius 3 is 2.39 bits per heavy atom. The third-order valence-electron chi connectivity index (χ3n) is 4.20. The zero-order valence-electron chi connectivity index (χ0n) is 15.0. The fourth-order valence-corrected chi connectivity index (χ4v) is 2.67. The highest BCUT2D eigenvalue weighted by Gasteiger charge is 2.11. The number of aromatic nitrogens is 2. The van der Waals surface area contributed by atoms with E-state index in [1.807, 2.05) is 25.7 Å². The van der Waals surface area contributed by atoms with Crippen LogP contribution in [0.1, 0.15) is 28.1 Å². The fraction of sp³-hybridized carbons (Fsp3) is 0.444. The average molecular weight is 313 g/mol. The van der Waals surface area contributed by atoms with Gasteiger partial charge in [0, 0.05) is 45.5 Å². The monoisotopic (exact) mass is 313 g/mol. The zero-order valence-corrected chi connectivity index (χ0v) is 15.0. The minimum Gasteiger partial charge on any atom is -0.352 e. The number of aliphatic imine (C=N–C) groups is 1. The second kappa shape index (κ2) is 7.31. The number of aryl methyl sites for hydroxylation is 3. The maximum absolute atomic E-state index is 4.46. The van der Waals surface area contributed by atoms with Gasteiger partial charge in [0.25, 0.3) is 0 Å². The molecule has 23 heavy (non-hydrogen) atoms. The van der Waals surface area contributed by atoms with Crippen molar-refractivity contribution in [1.29, 1.82) is 0 Å². The van der Waals surface area contributed by atoms with E-state index >= 15 is 0 Å². The largest absolute Gasteiger partial charge is 0.352 e. The summed E-state index contributed by atoms with van der Waals surface area (Å²) in [4.78, 5) is 6.52. The molecule has 124 valence electrons. The van der Waals surface area contributed by atoms with Crippen LogP contribution >= 0.6 is 0 Å². The highest BCUT2D eigenvalue weighted by molar-refractivity contribution is 5.79. The molecule has 0 amide bonds. The summed E-state index contributed by atoms with van der Waals surface area (Å²) in [5.74, 6) is 0.883. The van der Waals surface area contributed by atoms with Gasteiger partial charge in [0.1, 0.15) is 0 Å². The molecule has 0 aliphatic carbocycles. The second-order valence-corrected chi connectivity index (χ2v) is 6.02. The summed E-state index contributed by atoms with van der Waals surface area (Å²) in [6.07, 6.45) is 0. The van der Waals surface area contributed by atoms with Crippen molar-refractivity contribution in [3.8, 4) is 0 Å². The van der Waals surface area contributed by atoms with E-state index in [2.05, 4.69) is 65.5 Å². The first-order valence-corrected chi connectivity index (χ1v) is 7.88. The Kier molecular flexibility index (Phi) is 5.42. The molecule has 5 heteroatoms. The van der Waals surface area contributed by atoms with Gasteiger partial charge >= 0.3 is 0 Å². The van der Waals surface area contributed by atoms with Gasteiger partial charge in [-0.3, -0.25) is 9.67 Å². The van der Waals surface area contributed by atoms with Gasteiger partial charge in [-0.05, 0) is 26.3 Å². The van der Waals surface area contributed by atoms with E-state index < -0.39 is 0 Å². The quantitative estimate of drug-likeness (QED) is 0.697. The van der Waals surface area contributed by atoms with Gasteiger partial charge in [-0.2, -0.15) is 5.10 Å². The van der Waals surface area contributed by atoms with Gasteiger partial charge in [0.15, 0.2) is 5.96 Å². The van der Waals surface area contributed by atoms with Crippen LogP contribution in [0.15, 0.2) is 29.3 Å². The van der Waals surface area contributed by atoms with Gasteiger partial charge < -0.3 is 10.2 Å². The summed E-state index contributed by atoms with van der Waals surface area (Å²) in [5.41, 5.74) is 6.04. The molecule has 0 atom stereocenters. The molecular weight excluding hydrogens is 286 g/mol. The number of benzene rings is 1. The molecule has 0 aliphatic heterocycles. The van der Waals surface area contributed by atoms with E-state index in [1.54, 1.807) is 0 Å². The van der Waals surface area contributed by atoms with Crippen LogP contribution in [0, 0.1) is 20.8 Å². The predicted octanol–water partition coefficient (Wildman–Crippen LogP) is 2.55. The minimum absolute atomic E-state index is 0.733. The van der Waals surface area contributed by atoms with Crippen LogP contribution in [0.25, 0.3) is 0 Å². The van der Waals surface area contributed by atoms with Crippen molar-refractivity contribution in [3.63, 3.8) is 0 Å². The molecule has 1 aromatic heterocycles. The Bertz CT molecular complexity index is 682. The lowest BCUT2D eigenvalue weighted by Gasteiger charge is -2.22. The highest BCUT2D eigenvalue weighted by Crippen LogP contribution is 2.12. The molecule has 0 saturated carbocycles. The van der Waals surface area contributed by atoms with Crippen molar-refractivity contribution in [1.82, 2.24) is 20.0 Å². The van der Waals surface area contributed by atoms with Crippen molar-refractivity contribution >= 4 is 5.96 Å². The van der Waals surface area contributed by atoms with E-state index in [-0.39, 0.29) is 0 Å². The summed E-state index contributed by atoms with van der Waals surface area (Å²) in [6.45, 7) is 7.80. The minimum atomic E-state index is 0.733. The molecule has 1 N–H and O–H groups in total. The number of hydrogen-bond acceptors (Lipinski definition) is 2. The Labute approximate surface area is 139 Å². The molecule has 0 bridgehead atoms. The van der Waals surface area contributed by atoms with Crippen molar-refractivity contribution in [3.05, 3.63) is 52.3 Å². The van der Waals surface area contributed by atoms with Crippen LogP contribution in [-0.2, 0) is 20.1 Å². The Balaban J connectivity index is 2.00. The first-order chi connectivity index (χ1) is 10.9. The maximum atomic E-state index is 4.46. The van der Waals surface area contributed by atoms with Gasteiger partial charge in [-0.1, -0.05) is 29.8 Å². The third-order valence-corrected chi connectivity index (χ3v) is 4.20. The van der Waals surface area contributed by atoms with Gasteiger partial charge in [-0.15, -0.1) is 0 Å². The van der Waals surface area contributed by atoms with Crippen LogP contribution in [0.2, 0.25) is 0 Å². The van der Waals surface area contributed by atoms with Gasteiger partial charge in [-0.25, -0.2) is 0 Å². The lowest BCUT2D eigenvalue weighted by Crippen LogP contribution is -2.38. The summed E-state index contributed by atoms with van der Waals surface area (Å²) < 4.78 is 1.92. The summed E-state index contributed by atoms with van der Waals surface area (Å²) in [7, 11) is 5.85. The molecule has 5 nitrogen and oxygen atoms in total. The molecule has 0 aliphatic rings. The number of nitrogens with one attached hydrogen (secondary N) is 1. The summed E-state index contributed by atoms with van der Waals surface area (Å²) >= 11 is 0. The Morgan fingerprint density at radius 2 is 1.87 bits per heavy atom. The van der Waals surface area contributed by atoms with Crippen LogP contribution in [0.4, 0.5) is 0 Å². The van der Waals surface area contributed by atoms with Crippen LogP contribution in [-0.4, -0.2) is 34.7 Å². The number of guanidine groups is 1. The molecule has 2 aromatic rings. The smallest absolute Gasteiger partial charge is 0.193 e.